The van der Waals surface area contributed by atoms with E-state index < -0.39 is 5.60 Å². The summed E-state index contributed by atoms with van der Waals surface area (Å²) < 4.78 is 5.45. The third kappa shape index (κ3) is 5.56. The third-order valence-electron chi connectivity index (χ3n) is 4.22. The number of hydrogen-bond acceptors (Lipinski definition) is 6. The normalized spacial score (nSPS) is 15.3. The number of para-hydroxylation sites is 2. The number of ether oxygens (including phenoxy) is 1. The number of hydrazine groups is 2. The second-order valence-corrected chi connectivity index (χ2v) is 7.32. The maximum absolute atomic E-state index is 12.2. The number of nitrogens with zero attached hydrogens (tertiary/aromatic N) is 2. The molecule has 7 heteroatoms. The highest BCUT2D eigenvalue weighted by molar-refractivity contribution is 5.68. The molecule has 1 amide bonds. The second kappa shape index (κ2) is 8.80. The van der Waals surface area contributed by atoms with Gasteiger partial charge in [-0.25, -0.2) is 4.79 Å². The van der Waals surface area contributed by atoms with E-state index >= 15 is 0 Å². The Kier molecular flexibility index (Phi) is 6.74. The molecular formula is C19H31N5O2. The van der Waals surface area contributed by atoms with Crippen molar-refractivity contribution in [2.75, 3.05) is 30.9 Å². The van der Waals surface area contributed by atoms with Gasteiger partial charge in [0.15, 0.2) is 0 Å². The zero-order valence-corrected chi connectivity index (χ0v) is 16.2. The van der Waals surface area contributed by atoms with E-state index in [1.165, 1.54) is 0 Å². The van der Waals surface area contributed by atoms with Crippen molar-refractivity contribution in [2.24, 2.45) is 0 Å². The summed E-state index contributed by atoms with van der Waals surface area (Å²) >= 11 is 0. The van der Waals surface area contributed by atoms with Gasteiger partial charge in [0.1, 0.15) is 5.60 Å². The van der Waals surface area contributed by atoms with Gasteiger partial charge in [-0.2, -0.15) is 0 Å². The summed E-state index contributed by atoms with van der Waals surface area (Å²) in [4.78, 5) is 13.9. The summed E-state index contributed by atoms with van der Waals surface area (Å²) in [5.74, 6) is 0. The van der Waals surface area contributed by atoms with E-state index in [1.807, 2.05) is 57.1 Å². The zero-order chi connectivity index (χ0) is 19.2. The number of carbonyl (C=O) groups excluding carboxylic acids is 1. The SMILES string of the molecule is C=CN(NNc1ccccc1NC)C1CCN(C(=O)OC(C)(C)C)CC1. The standard InChI is InChI=1S/C19H31N5O2/c1-6-24(22-21-17-10-8-7-9-16(17)20-5)15-11-13-23(14-12-15)18(25)26-19(2,3)4/h6-10,15,20-22H,1,11-14H2,2-5H3. The molecular weight excluding hydrogens is 330 g/mol. The molecule has 1 aliphatic heterocycles. The number of carbonyl (C=O) groups is 1. The first-order chi connectivity index (χ1) is 12.3. The fourth-order valence-corrected chi connectivity index (χ4v) is 2.87. The fraction of sp³-hybridized carbons (Fsp3) is 0.526. The molecule has 1 saturated heterocycles. The maximum atomic E-state index is 12.2. The van der Waals surface area contributed by atoms with Crippen LogP contribution in [-0.4, -0.2) is 47.8 Å². The van der Waals surface area contributed by atoms with Crippen molar-refractivity contribution in [3.05, 3.63) is 37.0 Å². The highest BCUT2D eigenvalue weighted by Crippen LogP contribution is 2.21. The van der Waals surface area contributed by atoms with Gasteiger partial charge in [0.25, 0.3) is 0 Å². The quantitative estimate of drug-likeness (QED) is 0.675. The number of rotatable bonds is 6. The van der Waals surface area contributed by atoms with Gasteiger partial charge in [-0.1, -0.05) is 18.7 Å². The molecule has 26 heavy (non-hydrogen) atoms. The molecule has 144 valence electrons. The fourth-order valence-electron chi connectivity index (χ4n) is 2.87. The average Bonchev–Trinajstić information content (AvgIpc) is 2.61. The van der Waals surface area contributed by atoms with Crippen LogP contribution in [0.15, 0.2) is 37.0 Å². The molecule has 2 rings (SSSR count). The van der Waals surface area contributed by atoms with Gasteiger partial charge in [-0.3, -0.25) is 5.01 Å². The topological polar surface area (TPSA) is 68.9 Å². The summed E-state index contributed by atoms with van der Waals surface area (Å²) in [7, 11) is 1.89. The monoisotopic (exact) mass is 361 g/mol. The molecule has 1 fully saturated rings. The maximum Gasteiger partial charge on any atom is 0.410 e. The van der Waals surface area contributed by atoms with Crippen LogP contribution in [0.25, 0.3) is 0 Å². The first-order valence-electron chi connectivity index (χ1n) is 9.01. The lowest BCUT2D eigenvalue weighted by atomic mass is 10.1. The van der Waals surface area contributed by atoms with Crippen LogP contribution in [0.1, 0.15) is 33.6 Å². The number of amides is 1. The average molecular weight is 361 g/mol. The molecule has 1 heterocycles. The molecule has 1 aromatic rings. The summed E-state index contributed by atoms with van der Waals surface area (Å²) in [5, 5.41) is 5.11. The summed E-state index contributed by atoms with van der Waals surface area (Å²) in [6.07, 6.45) is 3.21. The van der Waals surface area contributed by atoms with E-state index in [4.69, 9.17) is 4.74 Å². The van der Waals surface area contributed by atoms with Crippen molar-refractivity contribution in [1.29, 1.82) is 0 Å². The number of benzene rings is 1. The molecule has 0 spiro atoms. The minimum absolute atomic E-state index is 0.241. The second-order valence-electron chi connectivity index (χ2n) is 7.32. The lowest BCUT2D eigenvalue weighted by Crippen LogP contribution is -2.51. The van der Waals surface area contributed by atoms with E-state index in [-0.39, 0.29) is 12.1 Å². The molecule has 7 nitrogen and oxygen atoms in total. The Labute approximate surface area is 156 Å². The highest BCUT2D eigenvalue weighted by Gasteiger charge is 2.28. The smallest absolute Gasteiger partial charge is 0.410 e. The van der Waals surface area contributed by atoms with E-state index in [1.54, 1.807) is 11.1 Å². The Bertz CT molecular complexity index is 606. The minimum atomic E-state index is -0.465. The first-order valence-corrected chi connectivity index (χ1v) is 9.01. The van der Waals surface area contributed by atoms with Crippen molar-refractivity contribution in [3.8, 4) is 0 Å². The molecule has 0 unspecified atom stereocenters. The molecule has 0 aliphatic carbocycles. The molecule has 0 aromatic heterocycles. The van der Waals surface area contributed by atoms with Crippen molar-refractivity contribution in [3.63, 3.8) is 0 Å². The Morgan fingerprint density at radius 3 is 2.42 bits per heavy atom. The summed E-state index contributed by atoms with van der Waals surface area (Å²) in [6.45, 7) is 10.9. The summed E-state index contributed by atoms with van der Waals surface area (Å²) in [6, 6.07) is 8.20. The third-order valence-corrected chi connectivity index (χ3v) is 4.22. The van der Waals surface area contributed by atoms with Crippen LogP contribution in [0, 0.1) is 0 Å². The number of nitrogens with one attached hydrogen (secondary N) is 3. The molecule has 0 atom stereocenters. The van der Waals surface area contributed by atoms with Crippen LogP contribution in [0.3, 0.4) is 0 Å². The largest absolute Gasteiger partial charge is 0.444 e. The Hall–Kier alpha value is -2.41. The number of anilines is 2. The molecule has 0 bridgehead atoms. The van der Waals surface area contributed by atoms with Crippen LogP contribution in [-0.2, 0) is 4.74 Å². The molecule has 1 aliphatic rings. The number of likely N-dealkylation sites (tertiary alicyclic amines) is 1. The van der Waals surface area contributed by atoms with Crippen molar-refractivity contribution in [2.45, 2.75) is 45.3 Å². The molecule has 3 N–H and O–H groups in total. The van der Waals surface area contributed by atoms with E-state index in [0.29, 0.717) is 13.1 Å². The minimum Gasteiger partial charge on any atom is -0.444 e. The van der Waals surface area contributed by atoms with Gasteiger partial charge in [0.2, 0.25) is 0 Å². The Balaban J connectivity index is 1.86. The molecule has 0 radical (unpaired) electrons. The van der Waals surface area contributed by atoms with Gasteiger partial charge in [0.05, 0.1) is 11.4 Å². The van der Waals surface area contributed by atoms with Crippen LogP contribution < -0.4 is 16.3 Å². The zero-order valence-electron chi connectivity index (χ0n) is 16.2. The van der Waals surface area contributed by atoms with E-state index in [2.05, 4.69) is 22.9 Å². The van der Waals surface area contributed by atoms with Crippen LogP contribution in [0.2, 0.25) is 0 Å². The van der Waals surface area contributed by atoms with Gasteiger partial charge < -0.3 is 20.4 Å². The highest BCUT2D eigenvalue weighted by atomic mass is 16.6. The van der Waals surface area contributed by atoms with Crippen molar-refractivity contribution >= 4 is 17.5 Å². The Morgan fingerprint density at radius 2 is 1.88 bits per heavy atom. The van der Waals surface area contributed by atoms with Crippen molar-refractivity contribution in [1.82, 2.24) is 15.4 Å². The van der Waals surface area contributed by atoms with Crippen LogP contribution in [0.5, 0.6) is 0 Å². The molecule has 0 saturated carbocycles. The van der Waals surface area contributed by atoms with Gasteiger partial charge >= 0.3 is 6.09 Å². The number of piperidine rings is 1. The molecule has 1 aromatic carbocycles. The van der Waals surface area contributed by atoms with Gasteiger partial charge in [-0.05, 0) is 45.7 Å². The Morgan fingerprint density at radius 1 is 1.27 bits per heavy atom. The van der Waals surface area contributed by atoms with Gasteiger partial charge in [-0.15, -0.1) is 5.53 Å². The van der Waals surface area contributed by atoms with E-state index in [0.717, 1.165) is 24.2 Å². The predicted octanol–water partition coefficient (Wildman–Crippen LogP) is 3.40. The lowest BCUT2D eigenvalue weighted by Gasteiger charge is -2.38. The van der Waals surface area contributed by atoms with Crippen LogP contribution in [0.4, 0.5) is 16.2 Å². The summed E-state index contributed by atoms with van der Waals surface area (Å²) in [5.41, 5.74) is 7.91. The van der Waals surface area contributed by atoms with Gasteiger partial charge in [0, 0.05) is 32.4 Å². The van der Waals surface area contributed by atoms with E-state index in [9.17, 15) is 4.79 Å². The first kappa shape index (κ1) is 19.9. The van der Waals surface area contributed by atoms with Crippen LogP contribution >= 0.6 is 0 Å². The lowest BCUT2D eigenvalue weighted by molar-refractivity contribution is 0.0148. The predicted molar refractivity (Wildman–Crippen MR) is 106 cm³/mol. The van der Waals surface area contributed by atoms with Crippen molar-refractivity contribution < 1.29 is 9.53 Å². The number of hydrogen-bond donors (Lipinski definition) is 3.